The van der Waals surface area contributed by atoms with Crippen LogP contribution in [0.1, 0.15) is 41.1 Å². The van der Waals surface area contributed by atoms with Crippen LogP contribution < -0.4 is 10.1 Å². The van der Waals surface area contributed by atoms with Gasteiger partial charge in [-0.3, -0.25) is 9.59 Å². The SMILES string of the molecule is O=C(COc1ccc2c(c1)C(c1cccc(F)c1)N(C(=O)C1CC1)CC2)NCc1ccccc1. The third kappa shape index (κ3) is 4.96. The number of nitrogens with one attached hydrogen (secondary N) is 1. The Bertz CT molecular complexity index is 1190. The Labute approximate surface area is 198 Å². The van der Waals surface area contributed by atoms with E-state index in [1.807, 2.05) is 59.5 Å². The van der Waals surface area contributed by atoms with Gasteiger partial charge in [0, 0.05) is 19.0 Å². The van der Waals surface area contributed by atoms with Crippen LogP contribution in [0, 0.1) is 11.7 Å². The van der Waals surface area contributed by atoms with E-state index in [4.69, 9.17) is 4.74 Å². The molecule has 1 heterocycles. The van der Waals surface area contributed by atoms with Crippen molar-refractivity contribution in [2.75, 3.05) is 13.2 Å². The number of carbonyl (C=O) groups excluding carboxylic acids is 2. The molecule has 1 atom stereocenters. The van der Waals surface area contributed by atoms with Gasteiger partial charge in [0.05, 0.1) is 6.04 Å². The lowest BCUT2D eigenvalue weighted by Crippen LogP contribution is -2.41. The molecule has 2 aliphatic rings. The van der Waals surface area contributed by atoms with Crippen LogP contribution in [0.2, 0.25) is 0 Å². The molecule has 1 unspecified atom stereocenters. The molecule has 0 radical (unpaired) electrons. The highest BCUT2D eigenvalue weighted by atomic mass is 19.1. The van der Waals surface area contributed by atoms with Gasteiger partial charge < -0.3 is 15.0 Å². The summed E-state index contributed by atoms with van der Waals surface area (Å²) < 4.78 is 19.9. The summed E-state index contributed by atoms with van der Waals surface area (Å²) in [4.78, 5) is 27.3. The van der Waals surface area contributed by atoms with Gasteiger partial charge in [0.1, 0.15) is 11.6 Å². The zero-order chi connectivity index (χ0) is 23.5. The molecule has 3 aromatic rings. The van der Waals surface area contributed by atoms with Crippen LogP contribution in [-0.2, 0) is 22.6 Å². The average molecular weight is 459 g/mol. The van der Waals surface area contributed by atoms with E-state index >= 15 is 0 Å². The van der Waals surface area contributed by atoms with Gasteiger partial charge in [-0.15, -0.1) is 0 Å². The summed E-state index contributed by atoms with van der Waals surface area (Å²) in [5.74, 6) is 0.215. The van der Waals surface area contributed by atoms with Gasteiger partial charge in [-0.1, -0.05) is 48.5 Å². The predicted molar refractivity (Wildman–Crippen MR) is 127 cm³/mol. The van der Waals surface area contributed by atoms with E-state index in [-0.39, 0.29) is 36.2 Å². The number of carbonyl (C=O) groups is 2. The largest absolute Gasteiger partial charge is 0.484 e. The Morgan fingerprint density at radius 3 is 2.59 bits per heavy atom. The minimum absolute atomic E-state index is 0.0744. The van der Waals surface area contributed by atoms with Gasteiger partial charge in [-0.05, 0) is 65.8 Å². The number of halogens is 1. The number of nitrogens with zero attached hydrogens (tertiary/aromatic N) is 1. The molecule has 1 fully saturated rings. The van der Waals surface area contributed by atoms with Gasteiger partial charge in [0.15, 0.2) is 6.61 Å². The van der Waals surface area contributed by atoms with Gasteiger partial charge >= 0.3 is 0 Å². The van der Waals surface area contributed by atoms with E-state index in [0.717, 1.165) is 41.5 Å². The first-order valence-electron chi connectivity index (χ1n) is 11.7. The molecule has 0 bridgehead atoms. The highest BCUT2D eigenvalue weighted by Gasteiger charge is 2.39. The highest BCUT2D eigenvalue weighted by molar-refractivity contribution is 5.82. The summed E-state index contributed by atoms with van der Waals surface area (Å²) in [6.07, 6.45) is 2.57. The molecule has 5 rings (SSSR count). The first-order valence-corrected chi connectivity index (χ1v) is 11.7. The van der Waals surface area contributed by atoms with E-state index < -0.39 is 0 Å². The summed E-state index contributed by atoms with van der Waals surface area (Å²) in [7, 11) is 0. The summed E-state index contributed by atoms with van der Waals surface area (Å²) in [5.41, 5.74) is 3.79. The average Bonchev–Trinajstić information content (AvgIpc) is 3.71. The Kier molecular flexibility index (Phi) is 6.30. The predicted octanol–water partition coefficient (Wildman–Crippen LogP) is 4.41. The molecular formula is C28H27FN2O3. The van der Waals surface area contributed by atoms with Gasteiger partial charge in [-0.25, -0.2) is 4.39 Å². The van der Waals surface area contributed by atoms with Crippen molar-refractivity contribution in [3.8, 4) is 5.75 Å². The standard InChI is InChI=1S/C28H27FN2O3/c29-23-8-4-7-22(15-23)27-25-16-24(34-18-26(32)30-17-19-5-2-1-3-6-19)12-11-20(25)13-14-31(27)28(33)21-9-10-21/h1-8,11-12,15-16,21,27H,9-10,13-14,17-18H2,(H,30,32). The topological polar surface area (TPSA) is 58.6 Å². The number of ether oxygens (including phenoxy) is 1. The second-order valence-electron chi connectivity index (χ2n) is 8.93. The fourth-order valence-electron chi connectivity index (χ4n) is 4.52. The van der Waals surface area contributed by atoms with E-state index in [0.29, 0.717) is 18.8 Å². The molecule has 0 aromatic heterocycles. The number of hydrogen-bond acceptors (Lipinski definition) is 3. The van der Waals surface area contributed by atoms with Crippen LogP contribution in [0.3, 0.4) is 0 Å². The molecule has 6 heteroatoms. The van der Waals surface area contributed by atoms with Gasteiger partial charge in [0.2, 0.25) is 5.91 Å². The van der Waals surface area contributed by atoms with Crippen molar-refractivity contribution < 1.29 is 18.7 Å². The lowest BCUT2D eigenvalue weighted by Gasteiger charge is -2.38. The summed E-state index contributed by atoms with van der Waals surface area (Å²) >= 11 is 0. The van der Waals surface area contributed by atoms with Gasteiger partial charge in [-0.2, -0.15) is 0 Å². The quantitative estimate of drug-likeness (QED) is 0.571. The normalized spacial score (nSPS) is 17.1. The van der Waals surface area contributed by atoms with Crippen LogP contribution in [0.25, 0.3) is 0 Å². The van der Waals surface area contributed by atoms with Crippen molar-refractivity contribution in [3.63, 3.8) is 0 Å². The number of benzene rings is 3. The highest BCUT2D eigenvalue weighted by Crippen LogP contribution is 2.41. The smallest absolute Gasteiger partial charge is 0.258 e. The molecule has 3 aromatic carbocycles. The number of fused-ring (bicyclic) bond motifs is 1. The van der Waals surface area contributed by atoms with Crippen LogP contribution >= 0.6 is 0 Å². The molecular weight excluding hydrogens is 431 g/mol. The zero-order valence-electron chi connectivity index (χ0n) is 18.9. The zero-order valence-corrected chi connectivity index (χ0v) is 18.9. The summed E-state index contributed by atoms with van der Waals surface area (Å²) in [6, 6.07) is 21.5. The molecule has 2 amide bonds. The Morgan fingerprint density at radius 2 is 1.82 bits per heavy atom. The van der Waals surface area contributed by atoms with Crippen molar-refractivity contribution >= 4 is 11.8 Å². The van der Waals surface area contributed by atoms with Gasteiger partial charge in [0.25, 0.3) is 5.91 Å². The number of rotatable bonds is 7. The number of amides is 2. The van der Waals surface area contributed by atoms with Crippen molar-refractivity contribution in [1.29, 1.82) is 0 Å². The van der Waals surface area contributed by atoms with E-state index in [1.54, 1.807) is 6.07 Å². The summed E-state index contributed by atoms with van der Waals surface area (Å²) in [5, 5.41) is 2.86. The van der Waals surface area contributed by atoms with Crippen molar-refractivity contribution in [2.45, 2.75) is 31.8 Å². The molecule has 0 spiro atoms. The van der Waals surface area contributed by atoms with Crippen LogP contribution in [0.4, 0.5) is 4.39 Å². The monoisotopic (exact) mass is 458 g/mol. The molecule has 1 N–H and O–H groups in total. The second kappa shape index (κ2) is 9.67. The van der Waals surface area contributed by atoms with Crippen molar-refractivity contribution in [3.05, 3.63) is 101 Å². The maximum Gasteiger partial charge on any atom is 0.258 e. The maximum absolute atomic E-state index is 14.1. The van der Waals surface area contributed by atoms with E-state index in [1.165, 1.54) is 12.1 Å². The molecule has 174 valence electrons. The van der Waals surface area contributed by atoms with Crippen LogP contribution in [-0.4, -0.2) is 29.9 Å². The fourth-order valence-corrected chi connectivity index (χ4v) is 4.52. The lowest BCUT2D eigenvalue weighted by atomic mass is 9.87. The second-order valence-corrected chi connectivity index (χ2v) is 8.93. The minimum Gasteiger partial charge on any atom is -0.484 e. The molecule has 0 saturated heterocycles. The third-order valence-electron chi connectivity index (χ3n) is 6.42. The Hall–Kier alpha value is -3.67. The summed E-state index contributed by atoms with van der Waals surface area (Å²) in [6.45, 7) is 0.930. The van der Waals surface area contributed by atoms with Crippen molar-refractivity contribution in [2.24, 2.45) is 5.92 Å². The Morgan fingerprint density at radius 1 is 1.00 bits per heavy atom. The molecule has 1 saturated carbocycles. The van der Waals surface area contributed by atoms with Crippen LogP contribution in [0.5, 0.6) is 5.75 Å². The van der Waals surface area contributed by atoms with Crippen molar-refractivity contribution in [1.82, 2.24) is 10.2 Å². The number of hydrogen-bond donors (Lipinski definition) is 1. The third-order valence-corrected chi connectivity index (χ3v) is 6.42. The first kappa shape index (κ1) is 22.1. The molecule has 34 heavy (non-hydrogen) atoms. The van der Waals surface area contributed by atoms with Crippen LogP contribution in [0.15, 0.2) is 72.8 Å². The fraction of sp³-hybridized carbons (Fsp3) is 0.286. The maximum atomic E-state index is 14.1. The van der Waals surface area contributed by atoms with E-state index in [2.05, 4.69) is 5.32 Å². The molecule has 5 nitrogen and oxygen atoms in total. The Balaban J connectivity index is 1.34. The molecule has 1 aliphatic heterocycles. The first-order chi connectivity index (χ1) is 16.6. The lowest BCUT2D eigenvalue weighted by molar-refractivity contribution is -0.134. The molecule has 1 aliphatic carbocycles. The minimum atomic E-state index is -0.372. The van der Waals surface area contributed by atoms with E-state index in [9.17, 15) is 14.0 Å².